The minimum Gasteiger partial charge on any atom is -0.508 e. The predicted molar refractivity (Wildman–Crippen MR) is 84.7 cm³/mol. The van der Waals surface area contributed by atoms with Crippen LogP contribution in [-0.2, 0) is 6.42 Å². The zero-order valence-corrected chi connectivity index (χ0v) is 13.0. The number of fused-ring (bicyclic) bond motifs is 1. The van der Waals surface area contributed by atoms with E-state index in [1.807, 2.05) is 19.1 Å². The Balaban J connectivity index is 1.92. The number of phenols is 2. The van der Waals surface area contributed by atoms with Crippen molar-refractivity contribution in [2.75, 3.05) is 13.2 Å². The number of rotatable bonds is 3. The van der Waals surface area contributed by atoms with E-state index >= 15 is 0 Å². The molecule has 0 radical (unpaired) electrons. The van der Waals surface area contributed by atoms with Gasteiger partial charge in [-0.2, -0.15) is 0 Å². The second-order valence-electron chi connectivity index (χ2n) is 5.68. The van der Waals surface area contributed by atoms with Gasteiger partial charge in [0.05, 0.1) is 5.56 Å². The van der Waals surface area contributed by atoms with Crippen LogP contribution in [0.4, 0.5) is 0 Å². The Labute approximate surface area is 134 Å². The summed E-state index contributed by atoms with van der Waals surface area (Å²) in [6.07, 6.45) is 0.141. The average Bonchev–Trinajstić information content (AvgIpc) is 2.47. The summed E-state index contributed by atoms with van der Waals surface area (Å²) in [7, 11) is 0. The summed E-state index contributed by atoms with van der Waals surface area (Å²) in [6.45, 7) is 4.60. The third kappa shape index (κ3) is 2.95. The summed E-state index contributed by atoms with van der Waals surface area (Å²) in [6, 6.07) is 6.32. The van der Waals surface area contributed by atoms with Gasteiger partial charge in [0, 0.05) is 12.5 Å². The normalized spacial score (nSPS) is 13.0. The van der Waals surface area contributed by atoms with Crippen LogP contribution in [0, 0.1) is 13.8 Å². The molecule has 0 atom stereocenters. The maximum Gasteiger partial charge on any atom is 0.171 e. The van der Waals surface area contributed by atoms with Crippen molar-refractivity contribution < 1.29 is 24.5 Å². The zero-order chi connectivity index (χ0) is 16.6. The van der Waals surface area contributed by atoms with E-state index in [9.17, 15) is 15.0 Å². The quantitative estimate of drug-likeness (QED) is 0.852. The van der Waals surface area contributed by atoms with Crippen LogP contribution in [0.25, 0.3) is 0 Å². The molecule has 1 aliphatic rings. The van der Waals surface area contributed by atoms with Gasteiger partial charge in [-0.05, 0) is 48.7 Å². The summed E-state index contributed by atoms with van der Waals surface area (Å²) in [4.78, 5) is 12.6. The van der Waals surface area contributed by atoms with Crippen LogP contribution in [0.15, 0.2) is 24.3 Å². The smallest absolute Gasteiger partial charge is 0.171 e. The van der Waals surface area contributed by atoms with Gasteiger partial charge in [-0.3, -0.25) is 4.79 Å². The molecule has 0 spiro atoms. The Morgan fingerprint density at radius 1 is 1.00 bits per heavy atom. The summed E-state index contributed by atoms with van der Waals surface area (Å²) < 4.78 is 11.1. The van der Waals surface area contributed by atoms with Crippen LogP contribution in [-0.4, -0.2) is 29.2 Å². The number of carbonyl (C=O) groups is 1. The molecule has 2 aromatic rings. The Kier molecular flexibility index (Phi) is 3.86. The van der Waals surface area contributed by atoms with Crippen molar-refractivity contribution in [2.24, 2.45) is 0 Å². The number of ether oxygens (including phenoxy) is 2. The molecule has 23 heavy (non-hydrogen) atoms. The molecule has 0 amide bonds. The fourth-order valence-electron chi connectivity index (χ4n) is 2.80. The van der Waals surface area contributed by atoms with E-state index in [2.05, 4.69) is 0 Å². The molecule has 1 aliphatic heterocycles. The van der Waals surface area contributed by atoms with Crippen LogP contribution < -0.4 is 9.47 Å². The average molecular weight is 314 g/mol. The minimum absolute atomic E-state index is 0.0629. The standard InChI is InChI=1S/C18H18O5/c1-10-6-16-17(23-4-3-22-16)8-12(10)7-14(20)18-11(2)5-13(19)9-15(18)21/h5-6,8-9,19,21H,3-4,7H2,1-2H3. The number of benzene rings is 2. The first-order valence-corrected chi connectivity index (χ1v) is 7.40. The van der Waals surface area contributed by atoms with Crippen molar-refractivity contribution in [2.45, 2.75) is 20.3 Å². The van der Waals surface area contributed by atoms with E-state index < -0.39 is 0 Å². The maximum absolute atomic E-state index is 12.6. The molecule has 5 heteroatoms. The fourth-order valence-corrected chi connectivity index (χ4v) is 2.80. The second-order valence-corrected chi connectivity index (χ2v) is 5.68. The number of Topliss-reactive ketones (excluding diaryl/α,β-unsaturated/α-hetero) is 1. The van der Waals surface area contributed by atoms with E-state index in [1.165, 1.54) is 12.1 Å². The highest BCUT2D eigenvalue weighted by Gasteiger charge is 2.19. The fraction of sp³-hybridized carbons (Fsp3) is 0.278. The van der Waals surface area contributed by atoms with Gasteiger partial charge in [-0.15, -0.1) is 0 Å². The Morgan fingerprint density at radius 3 is 2.30 bits per heavy atom. The molecular weight excluding hydrogens is 296 g/mol. The molecule has 2 N–H and O–H groups in total. The number of hydrogen-bond donors (Lipinski definition) is 2. The van der Waals surface area contributed by atoms with Crippen LogP contribution in [0.2, 0.25) is 0 Å². The molecule has 1 heterocycles. The summed E-state index contributed by atoms with van der Waals surface area (Å²) in [5, 5.41) is 19.4. The highest BCUT2D eigenvalue weighted by Crippen LogP contribution is 2.34. The first-order chi connectivity index (χ1) is 11.0. The molecule has 0 unspecified atom stereocenters. The van der Waals surface area contributed by atoms with E-state index in [0.717, 1.165) is 11.1 Å². The van der Waals surface area contributed by atoms with Gasteiger partial charge in [-0.1, -0.05) is 0 Å². The highest BCUT2D eigenvalue weighted by atomic mass is 16.6. The maximum atomic E-state index is 12.6. The van der Waals surface area contributed by atoms with Crippen molar-refractivity contribution in [1.82, 2.24) is 0 Å². The van der Waals surface area contributed by atoms with Crippen LogP contribution >= 0.6 is 0 Å². The first kappa shape index (κ1) is 15.2. The third-order valence-electron chi connectivity index (χ3n) is 3.93. The van der Waals surface area contributed by atoms with E-state index in [0.29, 0.717) is 30.3 Å². The van der Waals surface area contributed by atoms with Crippen molar-refractivity contribution in [3.63, 3.8) is 0 Å². The third-order valence-corrected chi connectivity index (χ3v) is 3.93. The number of hydrogen-bond acceptors (Lipinski definition) is 5. The molecular formula is C18H18O5. The first-order valence-electron chi connectivity index (χ1n) is 7.40. The van der Waals surface area contributed by atoms with Crippen molar-refractivity contribution in [3.8, 4) is 23.0 Å². The van der Waals surface area contributed by atoms with Gasteiger partial charge in [0.15, 0.2) is 17.3 Å². The largest absolute Gasteiger partial charge is 0.508 e. The molecule has 120 valence electrons. The van der Waals surface area contributed by atoms with Crippen molar-refractivity contribution in [3.05, 3.63) is 46.5 Å². The molecule has 3 rings (SSSR count). The van der Waals surface area contributed by atoms with Gasteiger partial charge in [0.2, 0.25) is 0 Å². The minimum atomic E-state index is -0.209. The molecule has 0 saturated heterocycles. The Hall–Kier alpha value is -2.69. The lowest BCUT2D eigenvalue weighted by Crippen LogP contribution is -2.16. The van der Waals surface area contributed by atoms with Gasteiger partial charge < -0.3 is 19.7 Å². The van der Waals surface area contributed by atoms with Crippen molar-refractivity contribution in [1.29, 1.82) is 0 Å². The molecule has 0 bridgehead atoms. The predicted octanol–water partition coefficient (Wildman–Crippen LogP) is 2.91. The molecule has 0 fully saturated rings. The SMILES string of the molecule is Cc1cc2c(cc1CC(=O)c1c(C)cc(O)cc1O)OCCO2. The lowest BCUT2D eigenvalue weighted by atomic mass is 9.95. The lowest BCUT2D eigenvalue weighted by molar-refractivity contribution is 0.0989. The van der Waals surface area contributed by atoms with Crippen LogP contribution in [0.1, 0.15) is 27.0 Å². The summed E-state index contributed by atoms with van der Waals surface area (Å²) >= 11 is 0. The molecule has 2 aromatic carbocycles. The van der Waals surface area contributed by atoms with Crippen LogP contribution in [0.3, 0.4) is 0 Å². The number of aryl methyl sites for hydroxylation is 2. The van der Waals surface area contributed by atoms with Crippen molar-refractivity contribution >= 4 is 5.78 Å². The number of phenolic OH excluding ortho intramolecular Hbond substituents is 2. The van der Waals surface area contributed by atoms with Gasteiger partial charge >= 0.3 is 0 Å². The molecule has 0 saturated carbocycles. The number of aromatic hydroxyl groups is 2. The van der Waals surface area contributed by atoms with Gasteiger partial charge in [0.25, 0.3) is 0 Å². The number of ketones is 1. The monoisotopic (exact) mass is 314 g/mol. The highest BCUT2D eigenvalue weighted by molar-refractivity contribution is 6.01. The summed E-state index contributed by atoms with van der Waals surface area (Å²) in [5.41, 5.74) is 2.53. The second kappa shape index (κ2) is 5.83. The van der Waals surface area contributed by atoms with E-state index in [1.54, 1.807) is 6.92 Å². The van der Waals surface area contributed by atoms with Crippen LogP contribution in [0.5, 0.6) is 23.0 Å². The Bertz CT molecular complexity index is 756. The topological polar surface area (TPSA) is 76.0 Å². The van der Waals surface area contributed by atoms with Gasteiger partial charge in [-0.25, -0.2) is 0 Å². The Morgan fingerprint density at radius 2 is 1.65 bits per heavy atom. The molecule has 0 aliphatic carbocycles. The van der Waals surface area contributed by atoms with Gasteiger partial charge in [0.1, 0.15) is 24.7 Å². The zero-order valence-electron chi connectivity index (χ0n) is 13.0. The summed E-state index contributed by atoms with van der Waals surface area (Å²) in [5.74, 6) is 0.847. The lowest BCUT2D eigenvalue weighted by Gasteiger charge is -2.20. The molecule has 5 nitrogen and oxygen atoms in total. The van der Waals surface area contributed by atoms with E-state index in [-0.39, 0.29) is 29.3 Å². The number of carbonyl (C=O) groups excluding carboxylic acids is 1. The van der Waals surface area contributed by atoms with E-state index in [4.69, 9.17) is 9.47 Å². The molecule has 0 aromatic heterocycles.